The lowest BCUT2D eigenvalue weighted by atomic mass is 10.2. The zero-order valence-corrected chi connectivity index (χ0v) is 25.2. The van der Waals surface area contributed by atoms with E-state index in [2.05, 4.69) is 63.5 Å². The predicted octanol–water partition coefficient (Wildman–Crippen LogP) is 3.68. The van der Waals surface area contributed by atoms with Crippen LogP contribution in [0.1, 0.15) is 45.1 Å². The highest BCUT2D eigenvalue weighted by molar-refractivity contribution is 5.44. The molecule has 0 unspecified atom stereocenters. The van der Waals surface area contributed by atoms with E-state index in [9.17, 15) is 0 Å². The van der Waals surface area contributed by atoms with Gasteiger partial charge in [0.2, 0.25) is 17.8 Å². The molecule has 0 aliphatic carbocycles. The second kappa shape index (κ2) is 21.2. The highest BCUT2D eigenvalue weighted by Gasteiger charge is 2.15. The molecule has 1 fully saturated rings. The zero-order chi connectivity index (χ0) is 28.8. The van der Waals surface area contributed by atoms with E-state index in [-0.39, 0.29) is 0 Å². The van der Waals surface area contributed by atoms with Gasteiger partial charge in [-0.25, -0.2) is 0 Å². The van der Waals surface area contributed by atoms with Gasteiger partial charge >= 0.3 is 0 Å². The van der Waals surface area contributed by atoms with Gasteiger partial charge in [-0.3, -0.25) is 4.90 Å². The second-order valence-electron chi connectivity index (χ2n) is 10.0. The van der Waals surface area contributed by atoms with Crippen molar-refractivity contribution < 1.29 is 18.9 Å². The third kappa shape index (κ3) is 14.2. The topological polar surface area (TPSA) is 106 Å². The molecule has 0 bridgehead atoms. The number of unbranched alkanes of at least 4 members (excludes halogenated alkanes) is 2. The summed E-state index contributed by atoms with van der Waals surface area (Å²) < 4.78 is 23.6. The van der Waals surface area contributed by atoms with Crippen LogP contribution >= 0.6 is 0 Å². The van der Waals surface area contributed by atoms with Crippen LogP contribution in [0, 0.1) is 0 Å². The Morgan fingerprint density at radius 1 is 0.634 bits per heavy atom. The Morgan fingerprint density at radius 3 is 1.61 bits per heavy atom. The van der Waals surface area contributed by atoms with E-state index in [1.54, 1.807) is 0 Å². The molecular formula is C30H51N7O4. The molecule has 1 aromatic heterocycles. The number of ether oxygens (including phenoxy) is 4. The molecule has 0 saturated carbocycles. The summed E-state index contributed by atoms with van der Waals surface area (Å²) in [6.07, 6.45) is 4.32. The molecule has 3 rings (SSSR count). The highest BCUT2D eigenvalue weighted by Crippen LogP contribution is 2.14. The number of rotatable bonds is 11. The summed E-state index contributed by atoms with van der Waals surface area (Å²) in [4.78, 5) is 18.5. The number of hydrogen-bond acceptors (Lipinski definition) is 11. The average molecular weight is 574 g/mol. The Morgan fingerprint density at radius 2 is 1.12 bits per heavy atom. The molecule has 2 aromatic rings. The van der Waals surface area contributed by atoms with Gasteiger partial charge in [-0.15, -0.1) is 0 Å². The first-order valence-corrected chi connectivity index (χ1v) is 15.3. The lowest BCUT2D eigenvalue weighted by Gasteiger charge is -2.24. The molecule has 1 aliphatic rings. The summed E-state index contributed by atoms with van der Waals surface area (Å²) in [5, 5.41) is 6.70. The van der Waals surface area contributed by atoms with Crippen molar-refractivity contribution >= 4 is 17.8 Å². The first-order valence-electron chi connectivity index (χ1n) is 15.3. The van der Waals surface area contributed by atoms with E-state index < -0.39 is 0 Å². The quantitative estimate of drug-likeness (QED) is 0.385. The number of hydrogen-bond donors (Lipinski definition) is 2. The van der Waals surface area contributed by atoms with Crippen molar-refractivity contribution in [2.75, 3.05) is 108 Å². The summed E-state index contributed by atoms with van der Waals surface area (Å²) in [7, 11) is 0. The molecule has 0 amide bonds. The van der Waals surface area contributed by atoms with Gasteiger partial charge in [0.1, 0.15) is 0 Å². The van der Waals surface area contributed by atoms with E-state index in [0.29, 0.717) is 83.8 Å². The Bertz CT molecular complexity index is 877. The van der Waals surface area contributed by atoms with Crippen molar-refractivity contribution in [1.29, 1.82) is 0 Å². The largest absolute Gasteiger partial charge is 0.378 e. The van der Waals surface area contributed by atoms with Gasteiger partial charge in [0.05, 0.1) is 52.9 Å². The first kappa shape index (κ1) is 32.9. The minimum atomic E-state index is 0.537. The van der Waals surface area contributed by atoms with E-state index in [1.165, 1.54) is 5.56 Å². The normalized spacial score (nSPS) is 17.5. The number of aromatic nitrogens is 3. The molecule has 41 heavy (non-hydrogen) atoms. The molecule has 1 aliphatic heterocycles. The third-order valence-electron chi connectivity index (χ3n) is 6.64. The van der Waals surface area contributed by atoms with Gasteiger partial charge in [-0.2, -0.15) is 15.0 Å². The van der Waals surface area contributed by atoms with Crippen LogP contribution in [0.3, 0.4) is 0 Å². The van der Waals surface area contributed by atoms with Crippen LogP contribution in [0.4, 0.5) is 17.8 Å². The maximum absolute atomic E-state index is 5.93. The first-order chi connectivity index (χ1) is 20.3. The smallest absolute Gasteiger partial charge is 0.232 e. The van der Waals surface area contributed by atoms with Crippen molar-refractivity contribution in [1.82, 2.24) is 19.9 Å². The lowest BCUT2D eigenvalue weighted by molar-refractivity contribution is 0.0211. The fourth-order valence-electron chi connectivity index (χ4n) is 4.22. The van der Waals surface area contributed by atoms with E-state index in [4.69, 9.17) is 28.9 Å². The van der Waals surface area contributed by atoms with E-state index in [1.807, 2.05) is 6.07 Å². The minimum Gasteiger partial charge on any atom is -0.378 e. The Hall–Kier alpha value is -2.57. The number of anilines is 3. The molecule has 11 heteroatoms. The van der Waals surface area contributed by atoms with Crippen LogP contribution in [-0.2, 0) is 25.5 Å². The van der Waals surface area contributed by atoms with Crippen LogP contribution in [-0.4, -0.2) is 112 Å². The summed E-state index contributed by atoms with van der Waals surface area (Å²) >= 11 is 0. The molecule has 2 heterocycles. The van der Waals surface area contributed by atoms with E-state index in [0.717, 1.165) is 58.4 Å². The maximum Gasteiger partial charge on any atom is 0.232 e. The summed E-state index contributed by atoms with van der Waals surface area (Å²) in [6, 6.07) is 10.5. The van der Waals surface area contributed by atoms with Crippen molar-refractivity contribution in [3.63, 3.8) is 0 Å². The number of benzene rings is 1. The average Bonchev–Trinajstić information content (AvgIpc) is 2.98. The predicted molar refractivity (Wildman–Crippen MR) is 164 cm³/mol. The third-order valence-corrected chi connectivity index (χ3v) is 6.64. The fraction of sp³-hybridized carbons (Fsp3) is 0.700. The van der Waals surface area contributed by atoms with Crippen molar-refractivity contribution in [3.8, 4) is 0 Å². The monoisotopic (exact) mass is 573 g/mol. The second-order valence-corrected chi connectivity index (χ2v) is 10.0. The lowest BCUT2D eigenvalue weighted by Crippen LogP contribution is -2.34. The molecule has 0 atom stereocenters. The van der Waals surface area contributed by atoms with Gasteiger partial charge in [0, 0.05) is 45.8 Å². The summed E-state index contributed by atoms with van der Waals surface area (Å²) in [5.41, 5.74) is 1.29. The molecule has 1 aromatic carbocycles. The Labute approximate surface area is 246 Å². The molecule has 1 saturated heterocycles. The van der Waals surface area contributed by atoms with Gasteiger partial charge in [-0.05, 0) is 18.4 Å². The SMILES string of the molecule is CCCCNc1nc(NCCCC)nc(N2CCOCCOCCN(Cc3ccccc3)CCOCCOCC2)n1. The number of nitrogens with one attached hydrogen (secondary N) is 2. The van der Waals surface area contributed by atoms with Crippen LogP contribution in [0.2, 0.25) is 0 Å². The van der Waals surface area contributed by atoms with Gasteiger partial charge in [-0.1, -0.05) is 57.0 Å². The van der Waals surface area contributed by atoms with Crippen LogP contribution in [0.15, 0.2) is 30.3 Å². The number of nitrogens with zero attached hydrogens (tertiary/aromatic N) is 5. The summed E-state index contributed by atoms with van der Waals surface area (Å²) in [6.45, 7) is 14.4. The zero-order valence-electron chi connectivity index (χ0n) is 25.2. The standard InChI is InChI=1S/C30H51N7O4/c1-3-5-12-31-28-33-29(32-13-6-4-2)35-30(34-28)37-16-20-40-24-22-38-18-14-36(26-27-10-8-7-9-11-27)15-19-39-23-25-41-21-17-37/h7-11H,3-6,12-26H2,1-2H3,(H2,31,32,33,34,35). The minimum absolute atomic E-state index is 0.537. The Balaban J connectivity index is 1.56. The van der Waals surface area contributed by atoms with Crippen molar-refractivity contribution in [2.24, 2.45) is 0 Å². The van der Waals surface area contributed by atoms with E-state index >= 15 is 0 Å². The Kier molecular flexibility index (Phi) is 17.0. The molecule has 230 valence electrons. The molecule has 0 spiro atoms. The molecule has 0 radical (unpaired) electrons. The van der Waals surface area contributed by atoms with Crippen LogP contribution in [0.5, 0.6) is 0 Å². The van der Waals surface area contributed by atoms with Gasteiger partial charge < -0.3 is 34.5 Å². The fourth-order valence-corrected chi connectivity index (χ4v) is 4.22. The van der Waals surface area contributed by atoms with Gasteiger partial charge in [0.25, 0.3) is 0 Å². The highest BCUT2D eigenvalue weighted by atomic mass is 16.5. The summed E-state index contributed by atoms with van der Waals surface area (Å²) in [5.74, 6) is 1.80. The molecule has 11 nitrogen and oxygen atoms in total. The molecular weight excluding hydrogens is 522 g/mol. The van der Waals surface area contributed by atoms with Crippen molar-refractivity contribution in [3.05, 3.63) is 35.9 Å². The van der Waals surface area contributed by atoms with Crippen LogP contribution < -0.4 is 15.5 Å². The van der Waals surface area contributed by atoms with Crippen LogP contribution in [0.25, 0.3) is 0 Å². The van der Waals surface area contributed by atoms with Crippen molar-refractivity contribution in [2.45, 2.75) is 46.1 Å². The molecule has 2 N–H and O–H groups in total. The maximum atomic E-state index is 5.93. The van der Waals surface area contributed by atoms with Gasteiger partial charge in [0.15, 0.2) is 0 Å².